The second-order valence-corrected chi connectivity index (χ2v) is 14.0. The monoisotopic (exact) mass is 685 g/mol. The van der Waals surface area contributed by atoms with Gasteiger partial charge in [-0.1, -0.05) is 164 Å². The second-order valence-electron chi connectivity index (χ2n) is 14.0. The Hall–Kier alpha value is -7.23. The van der Waals surface area contributed by atoms with Crippen molar-refractivity contribution in [3.8, 4) is 45.3 Å². The van der Waals surface area contributed by atoms with Gasteiger partial charge in [0.05, 0.1) is 0 Å². The smallest absolute Gasteiger partial charge is 0.164 e. The minimum atomic E-state index is 0.639. The van der Waals surface area contributed by atoms with E-state index in [0.29, 0.717) is 17.5 Å². The van der Waals surface area contributed by atoms with Gasteiger partial charge in [-0.25, -0.2) is 15.0 Å². The van der Waals surface area contributed by atoms with Gasteiger partial charge in [0.25, 0.3) is 0 Å². The minimum Gasteiger partial charge on any atom is -0.208 e. The van der Waals surface area contributed by atoms with Crippen LogP contribution in [0.2, 0.25) is 0 Å². The number of benzene rings is 10. The lowest BCUT2D eigenvalue weighted by Crippen LogP contribution is -2.00. The molecule has 0 radical (unpaired) electrons. The maximum absolute atomic E-state index is 5.17. The molecule has 0 unspecified atom stereocenters. The summed E-state index contributed by atoms with van der Waals surface area (Å²) in [6.07, 6.45) is 0. The quantitative estimate of drug-likeness (QED) is 0.173. The molecule has 0 fully saturated rings. The maximum Gasteiger partial charge on any atom is 0.164 e. The summed E-state index contributed by atoms with van der Waals surface area (Å²) in [5.41, 5.74) is 5.14. The highest BCUT2D eigenvalue weighted by Gasteiger charge is 2.17. The summed E-state index contributed by atoms with van der Waals surface area (Å²) in [4.78, 5) is 15.4. The fourth-order valence-electron chi connectivity index (χ4n) is 8.25. The van der Waals surface area contributed by atoms with Crippen LogP contribution in [0.15, 0.2) is 188 Å². The van der Waals surface area contributed by atoms with Crippen LogP contribution in [0.1, 0.15) is 0 Å². The standard InChI is InChI=1S/C51H31N3/c1-3-14-34-28-38(26-24-32(34)12-1)50-52-49(53-51(54-50)39-27-25-33-13-2-4-15-35(33)29-39)37-17-11-16-36(30-37)46-31-47-42-20-6-5-18-40(42)41-19-7-9-22-44(41)48(47)45-23-10-8-21-43(45)46/h1-31H. The number of hydrogen-bond acceptors (Lipinski definition) is 3. The van der Waals surface area contributed by atoms with Crippen LogP contribution in [0.4, 0.5) is 0 Å². The Kier molecular flexibility index (Phi) is 6.86. The van der Waals surface area contributed by atoms with Gasteiger partial charge in [0, 0.05) is 16.7 Å². The first-order valence-corrected chi connectivity index (χ1v) is 18.4. The van der Waals surface area contributed by atoms with Crippen LogP contribution in [0.25, 0.3) is 110 Å². The van der Waals surface area contributed by atoms with Crippen LogP contribution in [0, 0.1) is 0 Å². The van der Waals surface area contributed by atoms with Crippen molar-refractivity contribution >= 4 is 64.6 Å². The van der Waals surface area contributed by atoms with Gasteiger partial charge in [-0.2, -0.15) is 0 Å². The molecule has 0 spiro atoms. The average Bonchev–Trinajstić information content (AvgIpc) is 3.25. The molecule has 0 atom stereocenters. The zero-order chi connectivity index (χ0) is 35.6. The zero-order valence-corrected chi connectivity index (χ0v) is 29.2. The fourth-order valence-corrected chi connectivity index (χ4v) is 8.25. The Bertz CT molecular complexity index is 3190. The molecule has 3 heteroatoms. The van der Waals surface area contributed by atoms with Crippen LogP contribution in [0.3, 0.4) is 0 Å². The van der Waals surface area contributed by atoms with Crippen molar-refractivity contribution in [1.29, 1.82) is 0 Å². The van der Waals surface area contributed by atoms with Crippen LogP contribution < -0.4 is 0 Å². The van der Waals surface area contributed by atoms with Gasteiger partial charge in [-0.15, -0.1) is 0 Å². The molecular formula is C51H31N3. The van der Waals surface area contributed by atoms with Gasteiger partial charge < -0.3 is 0 Å². The molecule has 54 heavy (non-hydrogen) atoms. The van der Waals surface area contributed by atoms with Crippen LogP contribution in [-0.4, -0.2) is 15.0 Å². The number of rotatable bonds is 4. The predicted octanol–water partition coefficient (Wildman–Crippen LogP) is 13.5. The van der Waals surface area contributed by atoms with E-state index in [1.807, 2.05) is 0 Å². The third-order valence-electron chi connectivity index (χ3n) is 10.8. The van der Waals surface area contributed by atoms with Gasteiger partial charge >= 0.3 is 0 Å². The highest BCUT2D eigenvalue weighted by atomic mass is 15.0. The normalized spacial score (nSPS) is 11.7. The Morgan fingerprint density at radius 3 is 1.22 bits per heavy atom. The summed E-state index contributed by atoms with van der Waals surface area (Å²) < 4.78 is 0. The molecule has 0 aliphatic rings. The largest absolute Gasteiger partial charge is 0.208 e. The molecule has 0 saturated carbocycles. The van der Waals surface area contributed by atoms with E-state index >= 15 is 0 Å². The van der Waals surface area contributed by atoms with Gasteiger partial charge in [0.1, 0.15) is 0 Å². The Morgan fingerprint density at radius 2 is 0.648 bits per heavy atom. The summed E-state index contributed by atoms with van der Waals surface area (Å²) in [5, 5.41) is 14.7. The summed E-state index contributed by atoms with van der Waals surface area (Å²) >= 11 is 0. The Balaban J connectivity index is 1.14. The number of hydrogen-bond donors (Lipinski definition) is 0. The molecule has 1 aromatic heterocycles. The molecule has 3 nitrogen and oxygen atoms in total. The first-order valence-electron chi connectivity index (χ1n) is 18.4. The summed E-state index contributed by atoms with van der Waals surface area (Å²) in [7, 11) is 0. The maximum atomic E-state index is 5.17. The molecular weight excluding hydrogens is 655 g/mol. The molecule has 0 saturated heterocycles. The van der Waals surface area contributed by atoms with Gasteiger partial charge in [0.15, 0.2) is 17.5 Å². The summed E-state index contributed by atoms with van der Waals surface area (Å²) in [5.74, 6) is 1.93. The zero-order valence-electron chi connectivity index (χ0n) is 29.2. The molecule has 0 aliphatic carbocycles. The third kappa shape index (κ3) is 4.94. The van der Waals surface area contributed by atoms with Crippen molar-refractivity contribution in [3.63, 3.8) is 0 Å². The Labute approximate surface area is 311 Å². The van der Waals surface area contributed by atoms with Gasteiger partial charge in [0.2, 0.25) is 0 Å². The van der Waals surface area contributed by atoms with E-state index in [1.54, 1.807) is 0 Å². The van der Waals surface area contributed by atoms with E-state index in [2.05, 4.69) is 188 Å². The molecule has 11 rings (SSSR count). The molecule has 10 aromatic carbocycles. The van der Waals surface area contributed by atoms with E-state index in [0.717, 1.165) is 33.0 Å². The molecule has 0 aliphatic heterocycles. The Morgan fingerprint density at radius 1 is 0.241 bits per heavy atom. The van der Waals surface area contributed by atoms with Gasteiger partial charge in [-0.05, 0) is 100 Å². The molecule has 1 heterocycles. The first-order chi connectivity index (χ1) is 26.7. The minimum absolute atomic E-state index is 0.639. The van der Waals surface area contributed by atoms with Crippen molar-refractivity contribution in [1.82, 2.24) is 15.0 Å². The SMILES string of the molecule is c1cc(-c2nc(-c3ccc4ccccc4c3)nc(-c3ccc4ccccc4c3)n2)cc(-c2cc3c4ccccc4c4ccccc4c3c3ccccc23)c1. The van der Waals surface area contributed by atoms with Crippen LogP contribution in [0.5, 0.6) is 0 Å². The van der Waals surface area contributed by atoms with Crippen LogP contribution >= 0.6 is 0 Å². The molecule has 0 bridgehead atoms. The van der Waals surface area contributed by atoms with E-state index in [1.165, 1.54) is 59.4 Å². The van der Waals surface area contributed by atoms with E-state index < -0.39 is 0 Å². The number of fused-ring (bicyclic) bond motifs is 10. The summed E-state index contributed by atoms with van der Waals surface area (Å²) in [6.45, 7) is 0. The lowest BCUT2D eigenvalue weighted by atomic mass is 9.87. The average molecular weight is 686 g/mol. The third-order valence-corrected chi connectivity index (χ3v) is 10.8. The van der Waals surface area contributed by atoms with Crippen molar-refractivity contribution in [2.75, 3.05) is 0 Å². The number of aromatic nitrogens is 3. The topological polar surface area (TPSA) is 38.7 Å². The highest BCUT2D eigenvalue weighted by molar-refractivity contribution is 6.33. The second kappa shape index (κ2) is 12.2. The highest BCUT2D eigenvalue weighted by Crippen LogP contribution is 2.43. The van der Waals surface area contributed by atoms with Gasteiger partial charge in [-0.3, -0.25) is 0 Å². The molecule has 0 N–H and O–H groups in total. The van der Waals surface area contributed by atoms with E-state index in [9.17, 15) is 0 Å². The number of nitrogens with zero attached hydrogens (tertiary/aromatic N) is 3. The fraction of sp³-hybridized carbons (Fsp3) is 0. The predicted molar refractivity (Wildman–Crippen MR) is 227 cm³/mol. The lowest BCUT2D eigenvalue weighted by Gasteiger charge is -2.16. The molecule has 11 aromatic rings. The lowest BCUT2D eigenvalue weighted by molar-refractivity contribution is 1.08. The van der Waals surface area contributed by atoms with E-state index in [-0.39, 0.29) is 0 Å². The van der Waals surface area contributed by atoms with Crippen LogP contribution in [-0.2, 0) is 0 Å². The first kappa shape index (κ1) is 30.4. The molecule has 0 amide bonds. The summed E-state index contributed by atoms with van der Waals surface area (Å²) in [6, 6.07) is 67.1. The van der Waals surface area contributed by atoms with Crippen molar-refractivity contribution in [2.45, 2.75) is 0 Å². The van der Waals surface area contributed by atoms with Crippen molar-refractivity contribution in [3.05, 3.63) is 188 Å². The van der Waals surface area contributed by atoms with E-state index in [4.69, 9.17) is 15.0 Å². The molecule has 250 valence electrons. The van der Waals surface area contributed by atoms with Crippen molar-refractivity contribution < 1.29 is 0 Å². The van der Waals surface area contributed by atoms with Crippen molar-refractivity contribution in [2.24, 2.45) is 0 Å².